The quantitative estimate of drug-likeness (QED) is 0.663. The van der Waals surface area contributed by atoms with Gasteiger partial charge in [0.15, 0.2) is 0 Å². The number of aryl methyl sites for hydroxylation is 2. The summed E-state index contributed by atoms with van der Waals surface area (Å²) >= 11 is 0. The second-order valence-corrected chi connectivity index (χ2v) is 4.94. The molecule has 21 heavy (non-hydrogen) atoms. The van der Waals surface area contributed by atoms with Crippen LogP contribution in [-0.2, 0) is 4.79 Å². The maximum atomic E-state index is 11.3. The first-order valence-electron chi connectivity index (χ1n) is 6.79. The molecule has 1 amide bonds. The molecule has 0 unspecified atom stereocenters. The summed E-state index contributed by atoms with van der Waals surface area (Å²) in [7, 11) is 0. The number of hydrogen-bond donors (Lipinski definition) is 2. The number of para-hydroxylation sites is 1. The molecule has 0 bridgehead atoms. The molecule has 0 aromatic heterocycles. The lowest BCUT2D eigenvalue weighted by molar-refractivity contribution is -0.114. The first-order valence-corrected chi connectivity index (χ1v) is 6.79. The molecule has 0 heterocycles. The van der Waals surface area contributed by atoms with Crippen molar-refractivity contribution in [1.29, 1.82) is 0 Å². The van der Waals surface area contributed by atoms with E-state index < -0.39 is 0 Å². The Hall–Kier alpha value is -2.62. The average Bonchev–Trinajstić information content (AvgIpc) is 2.44. The van der Waals surface area contributed by atoms with Crippen molar-refractivity contribution >= 4 is 23.5 Å². The Morgan fingerprint density at radius 2 is 1.76 bits per heavy atom. The minimum atomic E-state index is -0.0936. The number of hydrazone groups is 1. The number of benzene rings is 2. The van der Waals surface area contributed by atoms with Crippen LogP contribution in [0, 0.1) is 13.8 Å². The molecule has 0 aliphatic rings. The lowest BCUT2D eigenvalue weighted by atomic mass is 10.0. The summed E-state index contributed by atoms with van der Waals surface area (Å²) in [6.07, 6.45) is 1.71. The second-order valence-electron chi connectivity index (χ2n) is 4.94. The van der Waals surface area contributed by atoms with Gasteiger partial charge in [0.2, 0.25) is 5.91 Å². The summed E-state index contributed by atoms with van der Waals surface area (Å²) < 4.78 is 0. The molecule has 0 atom stereocenters. The normalized spacial score (nSPS) is 10.6. The fourth-order valence-electron chi connectivity index (χ4n) is 1.93. The lowest BCUT2D eigenvalue weighted by Crippen LogP contribution is -2.09. The fraction of sp³-hybridized carbons (Fsp3) is 0.176. The maximum Gasteiger partial charge on any atom is 0.221 e. The molecule has 108 valence electrons. The third-order valence-electron chi connectivity index (χ3n) is 3.15. The molecule has 4 heteroatoms. The standard InChI is InChI=1S/C17H19N3O/c1-12-9-15(17(10-13(12)2)19-14(3)21)11-18-20-16-7-5-4-6-8-16/h4-11,20H,1-3H3,(H,19,21). The van der Waals surface area contributed by atoms with E-state index in [1.54, 1.807) is 6.21 Å². The van der Waals surface area contributed by atoms with E-state index in [2.05, 4.69) is 15.8 Å². The number of nitrogens with one attached hydrogen (secondary N) is 2. The third-order valence-corrected chi connectivity index (χ3v) is 3.15. The van der Waals surface area contributed by atoms with Gasteiger partial charge in [0, 0.05) is 18.2 Å². The summed E-state index contributed by atoms with van der Waals surface area (Å²) in [5.41, 5.74) is 7.81. The lowest BCUT2D eigenvalue weighted by Gasteiger charge is -2.10. The van der Waals surface area contributed by atoms with Crippen LogP contribution in [0.15, 0.2) is 47.6 Å². The Morgan fingerprint density at radius 1 is 1.10 bits per heavy atom. The zero-order chi connectivity index (χ0) is 15.2. The van der Waals surface area contributed by atoms with Crippen LogP contribution in [0.25, 0.3) is 0 Å². The minimum Gasteiger partial charge on any atom is -0.326 e. The van der Waals surface area contributed by atoms with Crippen molar-refractivity contribution in [3.63, 3.8) is 0 Å². The third kappa shape index (κ3) is 4.18. The van der Waals surface area contributed by atoms with E-state index in [-0.39, 0.29) is 5.91 Å². The Labute approximate surface area is 124 Å². The van der Waals surface area contributed by atoms with Crippen molar-refractivity contribution < 1.29 is 4.79 Å². The van der Waals surface area contributed by atoms with Crippen LogP contribution in [0.4, 0.5) is 11.4 Å². The molecule has 2 rings (SSSR count). The number of carbonyl (C=O) groups is 1. The van der Waals surface area contributed by atoms with Crippen LogP contribution in [0.5, 0.6) is 0 Å². The first kappa shape index (κ1) is 14.8. The van der Waals surface area contributed by atoms with Crippen LogP contribution in [0.1, 0.15) is 23.6 Å². The molecule has 2 aromatic rings. The molecule has 0 saturated heterocycles. The van der Waals surface area contributed by atoms with E-state index in [1.807, 2.05) is 56.3 Å². The highest BCUT2D eigenvalue weighted by Gasteiger charge is 2.05. The molecule has 0 saturated carbocycles. The summed E-state index contributed by atoms with van der Waals surface area (Å²) in [5, 5.41) is 7.06. The molecule has 0 spiro atoms. The Balaban J connectivity index is 2.21. The molecule has 0 radical (unpaired) electrons. The van der Waals surface area contributed by atoms with Crippen molar-refractivity contribution in [2.75, 3.05) is 10.7 Å². The van der Waals surface area contributed by atoms with Crippen molar-refractivity contribution in [3.05, 3.63) is 59.2 Å². The molecule has 0 aliphatic carbocycles. The number of hydrogen-bond acceptors (Lipinski definition) is 3. The number of carbonyl (C=O) groups excluding carboxylic acids is 1. The largest absolute Gasteiger partial charge is 0.326 e. The zero-order valence-electron chi connectivity index (χ0n) is 12.5. The second kappa shape index (κ2) is 6.70. The van der Waals surface area contributed by atoms with E-state index >= 15 is 0 Å². The molecule has 0 fully saturated rings. The van der Waals surface area contributed by atoms with Crippen LogP contribution in [0.3, 0.4) is 0 Å². The van der Waals surface area contributed by atoms with Crippen LogP contribution in [-0.4, -0.2) is 12.1 Å². The Kier molecular flexibility index (Phi) is 4.72. The summed E-state index contributed by atoms with van der Waals surface area (Å²) in [4.78, 5) is 11.3. The molecular formula is C17H19N3O. The van der Waals surface area contributed by atoms with Crippen molar-refractivity contribution in [2.45, 2.75) is 20.8 Å². The summed E-state index contributed by atoms with van der Waals surface area (Å²) in [6.45, 7) is 5.55. The van der Waals surface area contributed by atoms with Gasteiger partial charge in [-0.05, 0) is 49.2 Å². The topological polar surface area (TPSA) is 53.5 Å². The molecule has 0 aliphatic heterocycles. The predicted molar refractivity (Wildman–Crippen MR) is 87.9 cm³/mol. The van der Waals surface area contributed by atoms with E-state index in [1.165, 1.54) is 6.92 Å². The monoisotopic (exact) mass is 281 g/mol. The Bertz CT molecular complexity index is 663. The average molecular weight is 281 g/mol. The van der Waals surface area contributed by atoms with Gasteiger partial charge in [0.25, 0.3) is 0 Å². The highest BCUT2D eigenvalue weighted by molar-refractivity contribution is 5.97. The van der Waals surface area contributed by atoms with E-state index in [9.17, 15) is 4.79 Å². The van der Waals surface area contributed by atoms with Gasteiger partial charge < -0.3 is 5.32 Å². The van der Waals surface area contributed by atoms with Gasteiger partial charge in [-0.15, -0.1) is 0 Å². The smallest absolute Gasteiger partial charge is 0.221 e. The SMILES string of the molecule is CC(=O)Nc1cc(C)c(C)cc1C=NNc1ccccc1. The maximum absolute atomic E-state index is 11.3. The fourth-order valence-corrected chi connectivity index (χ4v) is 1.93. The van der Waals surface area contributed by atoms with E-state index in [4.69, 9.17) is 0 Å². The van der Waals surface area contributed by atoms with Gasteiger partial charge in [-0.3, -0.25) is 10.2 Å². The highest BCUT2D eigenvalue weighted by atomic mass is 16.1. The molecule has 2 N–H and O–H groups in total. The van der Waals surface area contributed by atoms with Crippen LogP contribution < -0.4 is 10.7 Å². The van der Waals surface area contributed by atoms with E-state index in [0.717, 1.165) is 28.1 Å². The summed E-state index contributed by atoms with van der Waals surface area (Å²) in [5.74, 6) is -0.0936. The van der Waals surface area contributed by atoms with Gasteiger partial charge in [-0.1, -0.05) is 18.2 Å². The van der Waals surface area contributed by atoms with Gasteiger partial charge in [-0.25, -0.2) is 0 Å². The molecular weight excluding hydrogens is 262 g/mol. The number of anilines is 2. The highest BCUT2D eigenvalue weighted by Crippen LogP contribution is 2.19. The minimum absolute atomic E-state index is 0.0936. The molecule has 2 aromatic carbocycles. The predicted octanol–water partition coefficient (Wildman–Crippen LogP) is 3.71. The number of amides is 1. The van der Waals surface area contributed by atoms with Crippen LogP contribution in [0.2, 0.25) is 0 Å². The van der Waals surface area contributed by atoms with Crippen molar-refractivity contribution in [1.82, 2.24) is 0 Å². The van der Waals surface area contributed by atoms with Gasteiger partial charge in [-0.2, -0.15) is 5.10 Å². The van der Waals surface area contributed by atoms with Gasteiger partial charge in [0.1, 0.15) is 0 Å². The van der Waals surface area contributed by atoms with Crippen molar-refractivity contribution in [2.24, 2.45) is 5.10 Å². The summed E-state index contributed by atoms with van der Waals surface area (Å²) in [6, 6.07) is 13.7. The zero-order valence-corrected chi connectivity index (χ0v) is 12.5. The van der Waals surface area contributed by atoms with Gasteiger partial charge in [0.05, 0.1) is 11.9 Å². The number of rotatable bonds is 4. The van der Waals surface area contributed by atoms with Gasteiger partial charge >= 0.3 is 0 Å². The first-order chi connectivity index (χ1) is 10.1. The Morgan fingerprint density at radius 3 is 2.43 bits per heavy atom. The molecule has 4 nitrogen and oxygen atoms in total. The van der Waals surface area contributed by atoms with Crippen molar-refractivity contribution in [3.8, 4) is 0 Å². The van der Waals surface area contributed by atoms with Crippen LogP contribution >= 0.6 is 0 Å². The van der Waals surface area contributed by atoms with E-state index in [0.29, 0.717) is 0 Å². The number of nitrogens with zero attached hydrogens (tertiary/aromatic N) is 1.